The van der Waals surface area contributed by atoms with Crippen LogP contribution in [0.2, 0.25) is 0 Å². The number of aromatic nitrogens is 2. The van der Waals surface area contributed by atoms with Gasteiger partial charge in [-0.1, -0.05) is 12.1 Å². The van der Waals surface area contributed by atoms with Gasteiger partial charge in [0.25, 0.3) is 0 Å². The molecule has 10 heteroatoms. The number of anilines is 2. The molecule has 0 spiro atoms. The summed E-state index contributed by atoms with van der Waals surface area (Å²) in [5.74, 6) is -0.374. The van der Waals surface area contributed by atoms with Crippen LogP contribution in [0.25, 0.3) is 4.85 Å². The Kier molecular flexibility index (Phi) is 9.40. The molecule has 1 aromatic heterocycles. The van der Waals surface area contributed by atoms with Crippen molar-refractivity contribution in [2.75, 3.05) is 42.5 Å². The summed E-state index contributed by atoms with van der Waals surface area (Å²) >= 11 is 0. The van der Waals surface area contributed by atoms with Gasteiger partial charge in [0.1, 0.15) is 17.4 Å². The lowest BCUT2D eigenvalue weighted by molar-refractivity contribution is -0.144. The summed E-state index contributed by atoms with van der Waals surface area (Å²) in [7, 11) is 0. The van der Waals surface area contributed by atoms with Gasteiger partial charge in [-0.2, -0.15) is 18.4 Å². The number of nitrogens with zero attached hydrogens (tertiary/aromatic N) is 6. The highest BCUT2D eigenvalue weighted by molar-refractivity contribution is 5.81. The molecule has 2 saturated heterocycles. The number of piperidine rings is 2. The number of halogens is 3. The van der Waals surface area contributed by atoms with E-state index in [1.54, 1.807) is 23.1 Å². The number of hydrogen-bond acceptors (Lipinski definition) is 6. The normalized spacial score (nSPS) is 18.4. The fourth-order valence-corrected chi connectivity index (χ4v) is 5.44. The number of alkyl halides is 3. The standard InChI is InChI=1S/C29H33F3N6O/c1-34-14-11-22-12-16-37(17-13-22)26-18-27(36-28(35-26)29(30,31)32)38-15-3-5-24(20-38)25(39)6-2-4-21-7-9-23(19-33)10-8-21/h7-10,18,22,24H,2-6,11-17,20H2/t24-/m1/s1. The molecule has 0 amide bonds. The molecule has 2 aliphatic rings. The van der Waals surface area contributed by atoms with E-state index < -0.39 is 12.0 Å². The molecule has 2 aromatic rings. The smallest absolute Gasteiger partial charge is 0.356 e. The fraction of sp³-hybridized carbons (Fsp3) is 0.552. The highest BCUT2D eigenvalue weighted by Gasteiger charge is 2.37. The maximum Gasteiger partial charge on any atom is 0.451 e. The first kappa shape index (κ1) is 28.4. The molecule has 0 N–H and O–H groups in total. The first-order valence-electron chi connectivity index (χ1n) is 13.6. The number of benzene rings is 1. The number of rotatable bonds is 9. The van der Waals surface area contributed by atoms with Crippen LogP contribution in [-0.2, 0) is 17.4 Å². The van der Waals surface area contributed by atoms with E-state index in [0.29, 0.717) is 69.9 Å². The minimum atomic E-state index is -4.67. The van der Waals surface area contributed by atoms with Crippen LogP contribution in [0.15, 0.2) is 30.3 Å². The zero-order valence-electron chi connectivity index (χ0n) is 22.0. The van der Waals surface area contributed by atoms with Crippen molar-refractivity contribution in [3.8, 4) is 6.07 Å². The number of aryl methyl sites for hydroxylation is 1. The van der Waals surface area contributed by atoms with Crippen molar-refractivity contribution in [3.05, 3.63) is 58.7 Å². The van der Waals surface area contributed by atoms with E-state index in [2.05, 4.69) is 20.9 Å². The van der Waals surface area contributed by atoms with Gasteiger partial charge in [-0.25, -0.2) is 16.5 Å². The molecule has 7 nitrogen and oxygen atoms in total. The zero-order valence-corrected chi connectivity index (χ0v) is 22.0. The minimum absolute atomic E-state index is 0.125. The van der Waals surface area contributed by atoms with Crippen LogP contribution in [-0.4, -0.2) is 48.5 Å². The topological polar surface area (TPSA) is 77.5 Å². The average Bonchev–Trinajstić information content (AvgIpc) is 2.96. The molecule has 0 aliphatic carbocycles. The summed E-state index contributed by atoms with van der Waals surface area (Å²) in [6.07, 6.45) is 1.02. The predicted molar refractivity (Wildman–Crippen MR) is 142 cm³/mol. The number of ketones is 1. The van der Waals surface area contributed by atoms with Crippen LogP contribution in [0.1, 0.15) is 61.9 Å². The Labute approximate surface area is 227 Å². The second-order valence-corrected chi connectivity index (χ2v) is 10.4. The second-order valence-electron chi connectivity index (χ2n) is 10.4. The maximum absolute atomic E-state index is 13.8. The van der Waals surface area contributed by atoms with Crippen LogP contribution in [0, 0.1) is 29.7 Å². The first-order valence-corrected chi connectivity index (χ1v) is 13.6. The SMILES string of the molecule is [C-]#[N+]CCC1CCN(c2cc(N3CCC[C@@H](C(=O)CCCc4ccc(C#N)cc4)C3)nc(C(F)(F)F)n2)CC1. The van der Waals surface area contributed by atoms with Crippen molar-refractivity contribution < 1.29 is 18.0 Å². The molecule has 2 aliphatic heterocycles. The quantitative estimate of drug-likeness (QED) is 0.381. The summed E-state index contributed by atoms with van der Waals surface area (Å²) in [6, 6.07) is 11.0. The van der Waals surface area contributed by atoms with Crippen molar-refractivity contribution in [2.45, 2.75) is 57.5 Å². The van der Waals surface area contributed by atoms with Gasteiger partial charge in [0.15, 0.2) is 0 Å². The third-order valence-corrected chi connectivity index (χ3v) is 7.71. The lowest BCUT2D eigenvalue weighted by Crippen LogP contribution is -2.40. The average molecular weight is 539 g/mol. The molecule has 3 heterocycles. The van der Waals surface area contributed by atoms with Crippen LogP contribution in [0.3, 0.4) is 0 Å². The third-order valence-electron chi connectivity index (χ3n) is 7.71. The van der Waals surface area contributed by atoms with Crippen LogP contribution in [0.5, 0.6) is 0 Å². The molecule has 1 aromatic carbocycles. The van der Waals surface area contributed by atoms with Gasteiger partial charge < -0.3 is 14.6 Å². The van der Waals surface area contributed by atoms with Gasteiger partial charge in [-0.15, -0.1) is 0 Å². The second kappa shape index (κ2) is 12.9. The summed E-state index contributed by atoms with van der Waals surface area (Å²) in [5.41, 5.74) is 1.66. The van der Waals surface area contributed by atoms with Gasteiger partial charge in [0, 0.05) is 51.0 Å². The van der Waals surface area contributed by atoms with Crippen LogP contribution in [0.4, 0.5) is 24.8 Å². The van der Waals surface area contributed by atoms with Gasteiger partial charge in [0.2, 0.25) is 12.4 Å². The van der Waals surface area contributed by atoms with Crippen molar-refractivity contribution >= 4 is 17.4 Å². The first-order chi connectivity index (χ1) is 18.8. The van der Waals surface area contributed by atoms with Crippen molar-refractivity contribution in [1.82, 2.24) is 9.97 Å². The maximum atomic E-state index is 13.8. The molecular weight excluding hydrogens is 505 g/mol. The van der Waals surface area contributed by atoms with E-state index in [4.69, 9.17) is 11.8 Å². The molecule has 0 unspecified atom stereocenters. The van der Waals surface area contributed by atoms with E-state index >= 15 is 0 Å². The largest absolute Gasteiger partial charge is 0.451 e. The minimum Gasteiger partial charge on any atom is -0.356 e. The Hall–Kier alpha value is -3.66. The number of Topliss-reactive ketones (excluding diaryl/α,β-unsaturated/α-hetero) is 1. The molecule has 39 heavy (non-hydrogen) atoms. The molecule has 1 atom stereocenters. The Morgan fingerprint density at radius 2 is 1.77 bits per heavy atom. The molecule has 0 saturated carbocycles. The van der Waals surface area contributed by atoms with Gasteiger partial charge >= 0.3 is 6.18 Å². The van der Waals surface area contributed by atoms with Crippen molar-refractivity contribution in [1.29, 1.82) is 5.26 Å². The fourth-order valence-electron chi connectivity index (χ4n) is 5.44. The summed E-state index contributed by atoms with van der Waals surface area (Å²) in [4.78, 5) is 27.9. The zero-order chi connectivity index (χ0) is 27.8. The van der Waals surface area contributed by atoms with Crippen molar-refractivity contribution in [3.63, 3.8) is 0 Å². The summed E-state index contributed by atoms with van der Waals surface area (Å²) < 4.78 is 41.3. The van der Waals surface area contributed by atoms with Gasteiger partial charge in [0.05, 0.1) is 11.6 Å². The Bertz CT molecular complexity index is 1210. The molecular formula is C29H33F3N6O. The molecule has 0 bridgehead atoms. The van der Waals surface area contributed by atoms with E-state index in [1.165, 1.54) is 0 Å². The highest BCUT2D eigenvalue weighted by Crippen LogP contribution is 2.33. The summed E-state index contributed by atoms with van der Waals surface area (Å²) in [6.45, 7) is 9.53. The molecule has 206 valence electrons. The lowest BCUT2D eigenvalue weighted by atomic mass is 9.90. The number of nitriles is 1. The molecule has 0 radical (unpaired) electrons. The van der Waals surface area contributed by atoms with E-state index in [-0.39, 0.29) is 23.3 Å². The van der Waals surface area contributed by atoms with Crippen molar-refractivity contribution in [2.24, 2.45) is 11.8 Å². The Morgan fingerprint density at radius 3 is 2.41 bits per heavy atom. The summed E-state index contributed by atoms with van der Waals surface area (Å²) in [5, 5.41) is 8.92. The Balaban J connectivity index is 1.40. The van der Waals surface area contributed by atoms with Crippen LogP contribution < -0.4 is 9.80 Å². The number of carbonyl (C=O) groups excluding carboxylic acids is 1. The van der Waals surface area contributed by atoms with Crippen LogP contribution >= 0.6 is 0 Å². The third kappa shape index (κ3) is 7.69. The molecule has 2 fully saturated rings. The monoisotopic (exact) mass is 538 g/mol. The highest BCUT2D eigenvalue weighted by atomic mass is 19.4. The van der Waals surface area contributed by atoms with E-state index in [9.17, 15) is 18.0 Å². The lowest BCUT2D eigenvalue weighted by Gasteiger charge is -2.35. The van der Waals surface area contributed by atoms with Gasteiger partial charge in [-0.3, -0.25) is 4.79 Å². The number of hydrogen-bond donors (Lipinski definition) is 0. The van der Waals surface area contributed by atoms with E-state index in [0.717, 1.165) is 31.2 Å². The van der Waals surface area contributed by atoms with Gasteiger partial charge in [-0.05, 0) is 62.1 Å². The Morgan fingerprint density at radius 1 is 1.08 bits per heavy atom. The van der Waals surface area contributed by atoms with E-state index in [1.807, 2.05) is 17.0 Å². The number of carbonyl (C=O) groups is 1. The molecule has 4 rings (SSSR count). The predicted octanol–water partition coefficient (Wildman–Crippen LogP) is 5.70.